The number of hydrogen-bond acceptors (Lipinski definition) is 5. The highest BCUT2D eigenvalue weighted by Gasteiger charge is 2.30. The molecule has 0 saturated carbocycles. The van der Waals surface area contributed by atoms with Crippen LogP contribution in [0, 0.1) is 16.0 Å². The summed E-state index contributed by atoms with van der Waals surface area (Å²) in [6.07, 6.45) is 0.817. The summed E-state index contributed by atoms with van der Waals surface area (Å²) in [5, 5.41) is 20.2. The van der Waals surface area contributed by atoms with Crippen molar-refractivity contribution in [1.82, 2.24) is 0 Å². The van der Waals surface area contributed by atoms with E-state index in [0.29, 0.717) is 25.4 Å². The van der Waals surface area contributed by atoms with Crippen molar-refractivity contribution in [3.05, 3.63) is 28.3 Å². The zero-order valence-corrected chi connectivity index (χ0v) is 11.8. The summed E-state index contributed by atoms with van der Waals surface area (Å²) in [5.74, 6) is -0.557. The summed E-state index contributed by atoms with van der Waals surface area (Å²) in [4.78, 5) is 23.5. The zero-order chi connectivity index (χ0) is 15.4. The average molecular weight is 294 g/mol. The summed E-state index contributed by atoms with van der Waals surface area (Å²) in [6.45, 7) is 3.26. The van der Waals surface area contributed by atoms with Crippen LogP contribution in [0.5, 0.6) is 5.75 Å². The topological polar surface area (TPSA) is 92.9 Å². The van der Waals surface area contributed by atoms with Gasteiger partial charge in [-0.1, -0.05) is 6.07 Å². The molecule has 1 aromatic rings. The van der Waals surface area contributed by atoms with Crippen molar-refractivity contribution in [2.75, 3.05) is 24.6 Å². The molecule has 1 heterocycles. The molecule has 0 aliphatic carbocycles. The number of ether oxygens (including phenoxy) is 1. The van der Waals surface area contributed by atoms with Gasteiger partial charge >= 0.3 is 11.7 Å². The van der Waals surface area contributed by atoms with Crippen LogP contribution in [0.1, 0.15) is 19.8 Å². The molecule has 0 bridgehead atoms. The molecule has 2 rings (SSSR count). The normalized spacial score (nSPS) is 17.8. The van der Waals surface area contributed by atoms with E-state index in [9.17, 15) is 14.9 Å². The highest BCUT2D eigenvalue weighted by atomic mass is 16.6. The fourth-order valence-corrected chi connectivity index (χ4v) is 2.69. The van der Waals surface area contributed by atoms with Crippen molar-refractivity contribution in [1.29, 1.82) is 0 Å². The predicted molar refractivity (Wildman–Crippen MR) is 76.8 cm³/mol. The number of anilines is 1. The average Bonchev–Trinajstić information content (AvgIpc) is 2.86. The molecule has 1 aromatic carbocycles. The second kappa shape index (κ2) is 6.43. The van der Waals surface area contributed by atoms with E-state index in [0.717, 1.165) is 6.42 Å². The number of nitro groups is 1. The van der Waals surface area contributed by atoms with Gasteiger partial charge in [-0.15, -0.1) is 0 Å². The number of benzene rings is 1. The van der Waals surface area contributed by atoms with E-state index in [1.165, 1.54) is 0 Å². The second-order valence-corrected chi connectivity index (χ2v) is 5.01. The van der Waals surface area contributed by atoms with Crippen molar-refractivity contribution in [3.63, 3.8) is 0 Å². The van der Waals surface area contributed by atoms with Gasteiger partial charge in [0.05, 0.1) is 11.5 Å². The monoisotopic (exact) mass is 294 g/mol. The van der Waals surface area contributed by atoms with Crippen LogP contribution in [0.3, 0.4) is 0 Å². The van der Waals surface area contributed by atoms with Crippen molar-refractivity contribution in [3.8, 4) is 5.75 Å². The lowest BCUT2D eigenvalue weighted by Crippen LogP contribution is -2.21. The maximum atomic E-state index is 11.3. The lowest BCUT2D eigenvalue weighted by molar-refractivity contribution is -0.385. The van der Waals surface area contributed by atoms with Crippen LogP contribution in [0.25, 0.3) is 0 Å². The van der Waals surface area contributed by atoms with Crippen LogP contribution in [-0.4, -0.2) is 35.7 Å². The Bertz CT molecular complexity index is 546. The molecule has 0 amide bonds. The van der Waals surface area contributed by atoms with Crippen LogP contribution in [0.2, 0.25) is 0 Å². The standard InChI is InChI=1S/C14H18N2O5/c1-2-21-12-5-3-4-11(14(12)16(19)20)15-7-6-10(9-15)8-13(17)18/h3-5,10H,2,6-9H2,1H3,(H,17,18). The number of nitrogens with zero attached hydrogens (tertiary/aromatic N) is 2. The van der Waals surface area contributed by atoms with E-state index in [-0.39, 0.29) is 23.8 Å². The Morgan fingerprint density at radius 3 is 2.95 bits per heavy atom. The molecule has 0 spiro atoms. The fourth-order valence-electron chi connectivity index (χ4n) is 2.69. The molecule has 1 atom stereocenters. The van der Waals surface area contributed by atoms with E-state index in [4.69, 9.17) is 9.84 Å². The number of hydrogen-bond donors (Lipinski definition) is 1. The number of aliphatic carboxylic acids is 1. The van der Waals surface area contributed by atoms with Crippen molar-refractivity contribution < 1.29 is 19.6 Å². The zero-order valence-electron chi connectivity index (χ0n) is 11.8. The smallest absolute Gasteiger partial charge is 0.333 e. The second-order valence-electron chi connectivity index (χ2n) is 5.01. The highest BCUT2D eigenvalue weighted by Crippen LogP contribution is 2.39. The van der Waals surface area contributed by atoms with E-state index in [1.54, 1.807) is 25.1 Å². The summed E-state index contributed by atoms with van der Waals surface area (Å²) in [7, 11) is 0. The Kier molecular flexibility index (Phi) is 4.62. The fraction of sp³-hybridized carbons (Fsp3) is 0.500. The van der Waals surface area contributed by atoms with Crippen molar-refractivity contribution in [2.45, 2.75) is 19.8 Å². The first kappa shape index (κ1) is 15.1. The lowest BCUT2D eigenvalue weighted by atomic mass is 10.1. The van der Waals surface area contributed by atoms with Crippen LogP contribution in [0.15, 0.2) is 18.2 Å². The molecule has 1 fully saturated rings. The van der Waals surface area contributed by atoms with Gasteiger partial charge in [0.25, 0.3) is 0 Å². The van der Waals surface area contributed by atoms with Gasteiger partial charge in [0.15, 0.2) is 5.75 Å². The summed E-state index contributed by atoms with van der Waals surface area (Å²) in [6, 6.07) is 4.98. The summed E-state index contributed by atoms with van der Waals surface area (Å²) >= 11 is 0. The largest absolute Gasteiger partial charge is 0.487 e. The minimum absolute atomic E-state index is 0.0258. The first-order valence-electron chi connectivity index (χ1n) is 6.89. The Labute approximate surface area is 122 Å². The van der Waals surface area contributed by atoms with E-state index < -0.39 is 10.9 Å². The first-order valence-corrected chi connectivity index (χ1v) is 6.89. The summed E-state index contributed by atoms with van der Waals surface area (Å²) in [5.41, 5.74) is 0.453. The van der Waals surface area contributed by atoms with Crippen molar-refractivity contribution >= 4 is 17.3 Å². The molecule has 1 N–H and O–H groups in total. The van der Waals surface area contributed by atoms with Crippen molar-refractivity contribution in [2.24, 2.45) is 5.92 Å². The molecule has 1 aliphatic rings. The van der Waals surface area contributed by atoms with Gasteiger partial charge in [-0.05, 0) is 31.4 Å². The molecule has 7 nitrogen and oxygen atoms in total. The quantitative estimate of drug-likeness (QED) is 0.639. The molecule has 1 saturated heterocycles. The number of nitro benzene ring substituents is 1. The first-order chi connectivity index (χ1) is 10.0. The Balaban J connectivity index is 2.26. The van der Waals surface area contributed by atoms with Gasteiger partial charge in [0.2, 0.25) is 0 Å². The molecule has 21 heavy (non-hydrogen) atoms. The molecular formula is C14H18N2O5. The molecule has 0 aromatic heterocycles. The maximum Gasteiger partial charge on any atom is 0.333 e. The van der Waals surface area contributed by atoms with Crippen LogP contribution in [0.4, 0.5) is 11.4 Å². The number of carbonyl (C=O) groups is 1. The Morgan fingerprint density at radius 2 is 2.33 bits per heavy atom. The van der Waals surface area contributed by atoms with Gasteiger partial charge in [-0.2, -0.15) is 0 Å². The Hall–Kier alpha value is -2.31. The number of para-hydroxylation sites is 1. The van der Waals surface area contributed by atoms with Gasteiger partial charge in [0, 0.05) is 19.5 Å². The van der Waals surface area contributed by atoms with Crippen LogP contribution < -0.4 is 9.64 Å². The predicted octanol–water partition coefficient (Wildman–Crippen LogP) is 2.29. The molecule has 0 radical (unpaired) electrons. The number of carboxylic acid groups (broad SMARTS) is 1. The van der Waals surface area contributed by atoms with E-state index >= 15 is 0 Å². The van der Waals surface area contributed by atoms with Gasteiger partial charge < -0.3 is 14.7 Å². The number of rotatable bonds is 6. The minimum atomic E-state index is -0.834. The molecule has 1 unspecified atom stereocenters. The van der Waals surface area contributed by atoms with Gasteiger partial charge in [-0.3, -0.25) is 14.9 Å². The van der Waals surface area contributed by atoms with Crippen LogP contribution >= 0.6 is 0 Å². The number of carboxylic acids is 1. The molecular weight excluding hydrogens is 276 g/mol. The SMILES string of the molecule is CCOc1cccc(N2CCC(CC(=O)O)C2)c1[N+](=O)[O-]. The third kappa shape index (κ3) is 3.42. The van der Waals surface area contributed by atoms with Crippen LogP contribution in [-0.2, 0) is 4.79 Å². The Morgan fingerprint density at radius 1 is 1.57 bits per heavy atom. The highest BCUT2D eigenvalue weighted by molar-refractivity contribution is 5.71. The van der Waals surface area contributed by atoms with Gasteiger partial charge in [-0.25, -0.2) is 0 Å². The van der Waals surface area contributed by atoms with E-state index in [1.807, 2.05) is 4.90 Å². The van der Waals surface area contributed by atoms with E-state index in [2.05, 4.69) is 0 Å². The van der Waals surface area contributed by atoms with Gasteiger partial charge in [0.1, 0.15) is 5.69 Å². The molecule has 114 valence electrons. The third-order valence-electron chi connectivity index (χ3n) is 3.55. The molecule has 7 heteroatoms. The summed E-state index contributed by atoms with van der Waals surface area (Å²) < 4.78 is 5.33. The molecule has 1 aliphatic heterocycles. The minimum Gasteiger partial charge on any atom is -0.487 e. The maximum absolute atomic E-state index is 11.3. The third-order valence-corrected chi connectivity index (χ3v) is 3.55. The lowest BCUT2D eigenvalue weighted by Gasteiger charge is -2.19.